The number of rotatable bonds is 4. The maximum Gasteiger partial charge on any atom is 0.573 e. The van der Waals surface area contributed by atoms with Crippen molar-refractivity contribution in [2.24, 2.45) is 5.41 Å². The number of pyridine rings is 1. The highest BCUT2D eigenvalue weighted by atomic mass is 19.4. The predicted octanol–water partition coefficient (Wildman–Crippen LogP) is 6.51. The molecule has 34 heavy (non-hydrogen) atoms. The van der Waals surface area contributed by atoms with Crippen LogP contribution in [0.25, 0.3) is 10.9 Å². The van der Waals surface area contributed by atoms with Crippen LogP contribution in [-0.4, -0.2) is 23.3 Å². The zero-order chi connectivity index (χ0) is 23.9. The molecule has 0 unspecified atom stereocenters. The van der Waals surface area contributed by atoms with Crippen LogP contribution in [0.15, 0.2) is 54.7 Å². The van der Waals surface area contributed by atoms with Gasteiger partial charge >= 0.3 is 6.36 Å². The molecular weight excluding hydrogens is 448 g/mol. The lowest BCUT2D eigenvalue weighted by molar-refractivity contribution is -0.274. The normalized spacial score (nSPS) is 24.6. The molecule has 1 spiro atoms. The molecule has 2 saturated carbocycles. The van der Waals surface area contributed by atoms with E-state index >= 15 is 0 Å². The summed E-state index contributed by atoms with van der Waals surface area (Å²) in [6, 6.07) is 11.7. The van der Waals surface area contributed by atoms with Gasteiger partial charge in [-0.2, -0.15) is 0 Å². The molecule has 3 aromatic rings. The summed E-state index contributed by atoms with van der Waals surface area (Å²) >= 11 is 0. The first-order valence-electron chi connectivity index (χ1n) is 11.4. The molecule has 0 aliphatic heterocycles. The molecule has 1 aromatic heterocycles. The molecule has 2 aliphatic carbocycles. The van der Waals surface area contributed by atoms with Crippen molar-refractivity contribution in [2.45, 2.75) is 56.8 Å². The summed E-state index contributed by atoms with van der Waals surface area (Å²) < 4.78 is 54.7. The van der Waals surface area contributed by atoms with Gasteiger partial charge in [-0.1, -0.05) is 0 Å². The van der Waals surface area contributed by atoms with Crippen LogP contribution in [0.4, 0.5) is 17.6 Å². The predicted molar refractivity (Wildman–Crippen MR) is 119 cm³/mol. The van der Waals surface area contributed by atoms with Gasteiger partial charge in [0.15, 0.2) is 0 Å². The van der Waals surface area contributed by atoms with Gasteiger partial charge in [0.1, 0.15) is 11.6 Å². The Morgan fingerprint density at radius 1 is 1.00 bits per heavy atom. The van der Waals surface area contributed by atoms with Crippen LogP contribution < -0.4 is 10.1 Å². The van der Waals surface area contributed by atoms with E-state index in [-0.39, 0.29) is 28.9 Å². The molecule has 1 heterocycles. The van der Waals surface area contributed by atoms with Crippen molar-refractivity contribution in [3.05, 3.63) is 71.7 Å². The van der Waals surface area contributed by atoms with Crippen molar-refractivity contribution in [1.82, 2.24) is 10.3 Å². The largest absolute Gasteiger partial charge is 0.573 e. The molecule has 2 aliphatic rings. The van der Waals surface area contributed by atoms with E-state index in [2.05, 4.69) is 15.0 Å². The summed E-state index contributed by atoms with van der Waals surface area (Å²) in [5.74, 6) is -0.601. The van der Waals surface area contributed by atoms with E-state index in [1.54, 1.807) is 18.3 Å². The standard InChI is InChI=1S/C26H24F4N2O2/c27-18-3-6-22-21(15-18)20(10-14-31-22)16-7-11-25(12-8-16)13-9-23(25)32-24(33)17-1-4-19(5-2-17)34-26(28,29)30/h1-6,10,14-16,23H,7-9,11-13H2,(H,32,33)/t16-,23-,25+/m0/s1. The van der Waals surface area contributed by atoms with E-state index in [4.69, 9.17) is 0 Å². The van der Waals surface area contributed by atoms with E-state index in [1.807, 2.05) is 6.07 Å². The average Bonchev–Trinajstić information content (AvgIpc) is 2.81. The number of halogens is 4. The number of nitrogens with zero attached hydrogens (tertiary/aromatic N) is 1. The van der Waals surface area contributed by atoms with E-state index in [1.165, 1.54) is 18.2 Å². The summed E-state index contributed by atoms with van der Waals surface area (Å²) in [6.07, 6.45) is 2.75. The lowest BCUT2D eigenvalue weighted by Crippen LogP contribution is -2.56. The summed E-state index contributed by atoms with van der Waals surface area (Å²) in [4.78, 5) is 17.1. The molecule has 1 atom stereocenters. The second-order valence-corrected chi connectivity index (χ2v) is 9.34. The van der Waals surface area contributed by atoms with E-state index < -0.39 is 6.36 Å². The smallest absolute Gasteiger partial charge is 0.406 e. The summed E-state index contributed by atoms with van der Waals surface area (Å²) in [5, 5.41) is 3.95. The molecule has 2 aromatic carbocycles. The Kier molecular flexibility index (Phi) is 5.70. The molecule has 1 N–H and O–H groups in total. The number of ether oxygens (including phenoxy) is 1. The second-order valence-electron chi connectivity index (χ2n) is 9.34. The number of amides is 1. The van der Waals surface area contributed by atoms with Gasteiger partial charge in [0.2, 0.25) is 0 Å². The fourth-order valence-electron chi connectivity index (χ4n) is 5.57. The van der Waals surface area contributed by atoms with Crippen molar-refractivity contribution in [2.75, 3.05) is 0 Å². The lowest BCUT2D eigenvalue weighted by atomic mass is 9.55. The van der Waals surface area contributed by atoms with E-state index in [9.17, 15) is 22.4 Å². The van der Waals surface area contributed by atoms with Gasteiger partial charge in [-0.05, 0) is 104 Å². The second kappa shape index (κ2) is 8.56. The third kappa shape index (κ3) is 4.45. The minimum absolute atomic E-state index is 0.0404. The number of hydrogen-bond acceptors (Lipinski definition) is 3. The van der Waals surface area contributed by atoms with Gasteiger partial charge < -0.3 is 10.1 Å². The van der Waals surface area contributed by atoms with Crippen molar-refractivity contribution in [3.63, 3.8) is 0 Å². The Morgan fingerprint density at radius 2 is 1.71 bits per heavy atom. The monoisotopic (exact) mass is 472 g/mol. The molecule has 0 saturated heterocycles. The first kappa shape index (κ1) is 22.6. The fourth-order valence-corrected chi connectivity index (χ4v) is 5.57. The summed E-state index contributed by atoms with van der Waals surface area (Å²) in [6.45, 7) is 0. The van der Waals surface area contributed by atoms with Crippen LogP contribution in [0.2, 0.25) is 0 Å². The van der Waals surface area contributed by atoms with Gasteiger partial charge in [0, 0.05) is 23.2 Å². The van der Waals surface area contributed by atoms with Gasteiger partial charge in [0.25, 0.3) is 5.91 Å². The Balaban J connectivity index is 1.23. The van der Waals surface area contributed by atoms with Gasteiger partial charge in [-0.25, -0.2) is 4.39 Å². The highest BCUT2D eigenvalue weighted by molar-refractivity contribution is 5.94. The summed E-state index contributed by atoms with van der Waals surface area (Å²) in [5.41, 5.74) is 2.26. The zero-order valence-electron chi connectivity index (χ0n) is 18.4. The molecule has 1 amide bonds. The lowest BCUT2D eigenvalue weighted by Gasteiger charge is -2.53. The fraction of sp³-hybridized carbons (Fsp3) is 0.385. The molecule has 4 nitrogen and oxygen atoms in total. The van der Waals surface area contributed by atoms with Crippen molar-refractivity contribution in [3.8, 4) is 5.75 Å². The molecule has 178 valence electrons. The van der Waals surface area contributed by atoms with Crippen LogP contribution in [-0.2, 0) is 0 Å². The van der Waals surface area contributed by atoms with Gasteiger partial charge in [-0.15, -0.1) is 13.2 Å². The van der Waals surface area contributed by atoms with Crippen LogP contribution >= 0.6 is 0 Å². The zero-order valence-corrected chi connectivity index (χ0v) is 18.4. The molecular formula is C26H24F4N2O2. The van der Waals surface area contributed by atoms with Crippen LogP contribution in [0.3, 0.4) is 0 Å². The highest BCUT2D eigenvalue weighted by Gasteiger charge is 2.49. The van der Waals surface area contributed by atoms with Crippen molar-refractivity contribution in [1.29, 1.82) is 0 Å². The van der Waals surface area contributed by atoms with Crippen molar-refractivity contribution >= 4 is 16.8 Å². The molecule has 8 heteroatoms. The molecule has 0 bridgehead atoms. The molecule has 0 radical (unpaired) electrons. The Labute approximate surface area is 194 Å². The van der Waals surface area contributed by atoms with Gasteiger partial charge in [-0.3, -0.25) is 9.78 Å². The van der Waals surface area contributed by atoms with E-state index in [0.717, 1.165) is 67.1 Å². The van der Waals surface area contributed by atoms with E-state index in [0.29, 0.717) is 11.5 Å². The number of hydrogen-bond donors (Lipinski definition) is 1. The maximum atomic E-state index is 13.9. The Bertz CT molecular complexity index is 1200. The van der Waals surface area contributed by atoms with Crippen LogP contribution in [0.5, 0.6) is 5.75 Å². The quantitative estimate of drug-likeness (QED) is 0.441. The maximum absolute atomic E-state index is 13.9. The number of alkyl halides is 3. The minimum atomic E-state index is -4.77. The van der Waals surface area contributed by atoms with Crippen molar-refractivity contribution < 1.29 is 27.1 Å². The average molecular weight is 472 g/mol. The first-order chi connectivity index (χ1) is 16.2. The molecule has 5 rings (SSSR count). The summed E-state index contributed by atoms with van der Waals surface area (Å²) in [7, 11) is 0. The Hall–Kier alpha value is -3.16. The molecule has 2 fully saturated rings. The third-order valence-electron chi connectivity index (χ3n) is 7.48. The third-order valence-corrected chi connectivity index (χ3v) is 7.48. The van der Waals surface area contributed by atoms with Gasteiger partial charge in [0.05, 0.1) is 5.52 Å². The number of nitrogens with one attached hydrogen (secondary N) is 1. The Morgan fingerprint density at radius 3 is 2.35 bits per heavy atom. The van der Waals surface area contributed by atoms with Crippen LogP contribution in [0, 0.1) is 11.2 Å². The highest BCUT2D eigenvalue weighted by Crippen LogP contribution is 2.55. The number of carbonyl (C=O) groups excluding carboxylic acids is 1. The number of aromatic nitrogens is 1. The minimum Gasteiger partial charge on any atom is -0.406 e. The number of fused-ring (bicyclic) bond motifs is 1. The topological polar surface area (TPSA) is 51.2 Å². The SMILES string of the molecule is O=C(N[C@H]1CC[C@]12CC[C@H](c1ccnc3ccc(F)cc31)CC2)c1ccc(OC(F)(F)F)cc1. The van der Waals surface area contributed by atoms with Crippen LogP contribution in [0.1, 0.15) is 60.4 Å². The number of benzene rings is 2. The first-order valence-corrected chi connectivity index (χ1v) is 11.4. The number of carbonyl (C=O) groups is 1.